The lowest BCUT2D eigenvalue weighted by molar-refractivity contribution is -0.0518. The molecule has 0 amide bonds. The number of methoxy groups -OCH3 is 1. The van der Waals surface area contributed by atoms with E-state index in [-0.39, 0.29) is 5.75 Å². The van der Waals surface area contributed by atoms with Crippen molar-refractivity contribution in [3.8, 4) is 11.5 Å². The Labute approximate surface area is 121 Å². The summed E-state index contributed by atoms with van der Waals surface area (Å²) in [5.41, 5.74) is 0.620. The highest BCUT2D eigenvalue weighted by Crippen LogP contribution is 2.32. The van der Waals surface area contributed by atoms with Crippen molar-refractivity contribution < 1.29 is 22.7 Å². The van der Waals surface area contributed by atoms with Gasteiger partial charge in [-0.1, -0.05) is 12.1 Å². The molecule has 0 saturated heterocycles. The van der Waals surface area contributed by atoms with Crippen molar-refractivity contribution in [3.63, 3.8) is 0 Å². The number of furan rings is 1. The molecule has 0 atom stereocenters. The summed E-state index contributed by atoms with van der Waals surface area (Å²) in [6.45, 7) is -1.82. The van der Waals surface area contributed by atoms with Crippen LogP contribution in [-0.4, -0.2) is 20.3 Å². The Kier molecular flexibility index (Phi) is 5.57. The Hall–Kier alpha value is -2.08. The number of ether oxygens (including phenoxy) is 2. The second-order valence-corrected chi connectivity index (χ2v) is 4.33. The molecule has 0 unspecified atom stereocenters. The summed E-state index contributed by atoms with van der Waals surface area (Å²) in [4.78, 5) is 0. The zero-order valence-corrected chi connectivity index (χ0v) is 11.6. The van der Waals surface area contributed by atoms with Crippen LogP contribution in [0.1, 0.15) is 11.3 Å². The van der Waals surface area contributed by atoms with Crippen LogP contribution in [0.25, 0.3) is 0 Å². The van der Waals surface area contributed by atoms with Gasteiger partial charge in [0.05, 0.1) is 13.4 Å². The van der Waals surface area contributed by atoms with E-state index < -0.39 is 6.61 Å². The van der Waals surface area contributed by atoms with Crippen molar-refractivity contribution in [2.24, 2.45) is 0 Å². The van der Waals surface area contributed by atoms with Crippen molar-refractivity contribution in [1.82, 2.24) is 5.32 Å². The first kappa shape index (κ1) is 15.3. The topological polar surface area (TPSA) is 43.6 Å². The van der Waals surface area contributed by atoms with Gasteiger partial charge in [-0.15, -0.1) is 0 Å². The summed E-state index contributed by atoms with van der Waals surface area (Å²) < 4.78 is 39.8. The fraction of sp³-hybridized carbons (Fsp3) is 0.333. The number of para-hydroxylation sites is 1. The molecule has 1 aromatic carbocycles. The van der Waals surface area contributed by atoms with Crippen LogP contribution in [0.5, 0.6) is 11.5 Å². The highest BCUT2D eigenvalue weighted by molar-refractivity contribution is 5.46. The Morgan fingerprint density at radius 1 is 1.24 bits per heavy atom. The number of rotatable bonds is 8. The van der Waals surface area contributed by atoms with Gasteiger partial charge < -0.3 is 19.2 Å². The van der Waals surface area contributed by atoms with E-state index in [0.717, 1.165) is 12.2 Å². The van der Waals surface area contributed by atoms with Crippen LogP contribution in [-0.2, 0) is 13.0 Å². The van der Waals surface area contributed by atoms with Crippen molar-refractivity contribution in [1.29, 1.82) is 0 Å². The summed E-state index contributed by atoms with van der Waals surface area (Å²) in [7, 11) is 1.42. The predicted molar refractivity (Wildman–Crippen MR) is 73.7 cm³/mol. The standard InChI is InChI=1S/C15H17F2NO3/c1-19-13-6-2-4-11(14(13)21-15(16)17)10-18-8-7-12-5-3-9-20-12/h2-6,9,15,18H,7-8,10H2,1H3. The van der Waals surface area contributed by atoms with E-state index in [1.165, 1.54) is 7.11 Å². The second-order valence-electron chi connectivity index (χ2n) is 4.33. The van der Waals surface area contributed by atoms with Gasteiger partial charge in [0.1, 0.15) is 5.76 Å². The Bertz CT molecular complexity index is 544. The van der Waals surface area contributed by atoms with Crippen LogP contribution < -0.4 is 14.8 Å². The van der Waals surface area contributed by atoms with Gasteiger partial charge in [0.2, 0.25) is 0 Å². The minimum absolute atomic E-state index is 0.0699. The van der Waals surface area contributed by atoms with Gasteiger partial charge >= 0.3 is 6.61 Å². The van der Waals surface area contributed by atoms with Crippen molar-refractivity contribution in [2.75, 3.05) is 13.7 Å². The molecular weight excluding hydrogens is 280 g/mol. The number of hydrogen-bond donors (Lipinski definition) is 1. The lowest BCUT2D eigenvalue weighted by atomic mass is 10.2. The van der Waals surface area contributed by atoms with Gasteiger partial charge in [-0.2, -0.15) is 8.78 Å². The fourth-order valence-electron chi connectivity index (χ4n) is 1.97. The molecule has 0 bridgehead atoms. The zero-order valence-electron chi connectivity index (χ0n) is 11.6. The minimum Gasteiger partial charge on any atom is -0.493 e. The predicted octanol–water partition coefficient (Wildman–Crippen LogP) is 3.22. The summed E-state index contributed by atoms with van der Waals surface area (Å²) >= 11 is 0. The monoisotopic (exact) mass is 297 g/mol. The summed E-state index contributed by atoms with van der Waals surface area (Å²) in [6, 6.07) is 8.76. The average molecular weight is 297 g/mol. The maximum absolute atomic E-state index is 12.5. The molecule has 0 spiro atoms. The van der Waals surface area contributed by atoms with Crippen LogP contribution in [0.3, 0.4) is 0 Å². The Morgan fingerprint density at radius 3 is 2.76 bits per heavy atom. The number of halogens is 2. The number of benzene rings is 1. The van der Waals surface area contributed by atoms with Gasteiger partial charge in [0, 0.05) is 25.1 Å². The maximum atomic E-state index is 12.5. The third kappa shape index (κ3) is 4.46. The van der Waals surface area contributed by atoms with Crippen LogP contribution >= 0.6 is 0 Å². The summed E-state index contributed by atoms with van der Waals surface area (Å²) in [5, 5.41) is 3.16. The number of hydrogen-bond acceptors (Lipinski definition) is 4. The molecule has 2 aromatic rings. The highest BCUT2D eigenvalue weighted by atomic mass is 19.3. The third-order valence-corrected chi connectivity index (χ3v) is 2.93. The minimum atomic E-state index is -2.89. The molecule has 0 aliphatic heterocycles. The van der Waals surface area contributed by atoms with E-state index in [0.29, 0.717) is 24.4 Å². The quantitative estimate of drug-likeness (QED) is 0.760. The van der Waals surface area contributed by atoms with Crippen molar-refractivity contribution >= 4 is 0 Å². The molecule has 1 N–H and O–H groups in total. The lowest BCUT2D eigenvalue weighted by Gasteiger charge is -2.14. The van der Waals surface area contributed by atoms with Gasteiger partial charge in [-0.3, -0.25) is 0 Å². The van der Waals surface area contributed by atoms with Gasteiger partial charge in [0.15, 0.2) is 11.5 Å². The molecule has 4 nitrogen and oxygen atoms in total. The molecule has 0 fully saturated rings. The van der Waals surface area contributed by atoms with Crippen LogP contribution in [0.2, 0.25) is 0 Å². The number of alkyl halides is 2. The van der Waals surface area contributed by atoms with E-state index in [2.05, 4.69) is 10.1 Å². The SMILES string of the molecule is COc1cccc(CNCCc2ccco2)c1OC(F)F. The lowest BCUT2D eigenvalue weighted by Crippen LogP contribution is -2.18. The molecule has 0 aliphatic carbocycles. The molecule has 21 heavy (non-hydrogen) atoms. The molecule has 0 aliphatic rings. The normalized spacial score (nSPS) is 10.9. The van der Waals surface area contributed by atoms with Crippen LogP contribution in [0, 0.1) is 0 Å². The zero-order chi connectivity index (χ0) is 15.1. The smallest absolute Gasteiger partial charge is 0.387 e. The average Bonchev–Trinajstić information content (AvgIpc) is 2.97. The van der Waals surface area contributed by atoms with Crippen LogP contribution in [0.4, 0.5) is 8.78 Å². The molecule has 1 heterocycles. The molecule has 114 valence electrons. The Balaban J connectivity index is 1.95. The third-order valence-electron chi connectivity index (χ3n) is 2.93. The molecule has 0 saturated carbocycles. The number of nitrogens with one attached hydrogen (secondary N) is 1. The second kappa shape index (κ2) is 7.64. The first-order valence-corrected chi connectivity index (χ1v) is 6.54. The van der Waals surface area contributed by atoms with E-state index in [9.17, 15) is 8.78 Å². The molecule has 1 aromatic heterocycles. The highest BCUT2D eigenvalue weighted by Gasteiger charge is 2.14. The van der Waals surface area contributed by atoms with Gasteiger partial charge in [0.25, 0.3) is 0 Å². The van der Waals surface area contributed by atoms with Gasteiger partial charge in [-0.05, 0) is 18.2 Å². The molecule has 0 radical (unpaired) electrons. The van der Waals surface area contributed by atoms with Crippen molar-refractivity contribution in [3.05, 3.63) is 47.9 Å². The molecule has 2 rings (SSSR count). The largest absolute Gasteiger partial charge is 0.493 e. The Morgan fingerprint density at radius 2 is 2.10 bits per heavy atom. The summed E-state index contributed by atoms with van der Waals surface area (Å²) in [5.74, 6) is 1.23. The first-order chi connectivity index (χ1) is 10.2. The van der Waals surface area contributed by atoms with Crippen molar-refractivity contribution in [2.45, 2.75) is 19.6 Å². The van der Waals surface area contributed by atoms with Gasteiger partial charge in [-0.25, -0.2) is 0 Å². The van der Waals surface area contributed by atoms with E-state index in [4.69, 9.17) is 9.15 Å². The molecular formula is C15H17F2NO3. The molecule has 6 heteroatoms. The fourth-order valence-corrected chi connectivity index (χ4v) is 1.97. The van der Waals surface area contributed by atoms with E-state index in [1.807, 2.05) is 12.1 Å². The van der Waals surface area contributed by atoms with E-state index >= 15 is 0 Å². The summed E-state index contributed by atoms with van der Waals surface area (Å²) in [6.07, 6.45) is 2.34. The maximum Gasteiger partial charge on any atom is 0.387 e. The van der Waals surface area contributed by atoms with Crippen LogP contribution in [0.15, 0.2) is 41.0 Å². The first-order valence-electron chi connectivity index (χ1n) is 6.54. The van der Waals surface area contributed by atoms with E-state index in [1.54, 1.807) is 24.5 Å².